The van der Waals surface area contributed by atoms with Crippen molar-refractivity contribution in [2.24, 2.45) is 4.99 Å². The second-order valence-corrected chi connectivity index (χ2v) is 7.10. The highest BCUT2D eigenvalue weighted by Crippen LogP contribution is 2.15. The minimum Gasteiger partial charge on any atom is -0.368 e. The predicted octanol–water partition coefficient (Wildman–Crippen LogP) is 0.693. The number of nitrogens with zero attached hydrogens (tertiary/aromatic N) is 5. The highest BCUT2D eigenvalue weighted by Gasteiger charge is 2.24. The number of carbonyl (C=O) groups is 2. The molecule has 0 aromatic heterocycles. The molecule has 1 aromatic carbocycles. The van der Waals surface area contributed by atoms with Gasteiger partial charge in [-0.25, -0.2) is 0 Å². The molecule has 9 heteroatoms. The lowest BCUT2D eigenvalue weighted by Crippen LogP contribution is -2.55. The van der Waals surface area contributed by atoms with Gasteiger partial charge in [0.25, 0.3) is 0 Å². The van der Waals surface area contributed by atoms with E-state index in [0.717, 1.165) is 45.2 Å². The van der Waals surface area contributed by atoms with Gasteiger partial charge in [0.05, 0.1) is 6.54 Å². The van der Waals surface area contributed by atoms with Crippen LogP contribution >= 0.6 is 24.0 Å². The second-order valence-electron chi connectivity index (χ2n) is 7.10. The highest BCUT2D eigenvalue weighted by molar-refractivity contribution is 14.0. The molecule has 1 N–H and O–H groups in total. The number of nitrogens with one attached hydrogen (secondary N) is 1. The summed E-state index contributed by atoms with van der Waals surface area (Å²) in [5.74, 6) is 0.920. The molecule has 29 heavy (non-hydrogen) atoms. The van der Waals surface area contributed by atoms with Crippen LogP contribution in [0, 0.1) is 0 Å². The normalized spacial score (nSPS) is 17.7. The molecule has 2 aliphatic rings. The molecule has 0 unspecified atom stereocenters. The van der Waals surface area contributed by atoms with Crippen LogP contribution < -0.4 is 10.2 Å². The summed E-state index contributed by atoms with van der Waals surface area (Å²) in [5.41, 5.74) is 1.21. The maximum atomic E-state index is 12.6. The number of hydrogen-bond acceptors (Lipinski definition) is 4. The van der Waals surface area contributed by atoms with Crippen LogP contribution in [0.25, 0.3) is 0 Å². The van der Waals surface area contributed by atoms with E-state index in [-0.39, 0.29) is 42.3 Å². The highest BCUT2D eigenvalue weighted by atomic mass is 127. The number of rotatable bonds is 3. The molecule has 0 aliphatic carbocycles. The Morgan fingerprint density at radius 2 is 1.45 bits per heavy atom. The van der Waals surface area contributed by atoms with E-state index in [2.05, 4.69) is 32.2 Å². The Kier molecular flexibility index (Phi) is 8.99. The smallest absolute Gasteiger partial charge is 0.242 e. The van der Waals surface area contributed by atoms with Gasteiger partial charge >= 0.3 is 0 Å². The van der Waals surface area contributed by atoms with E-state index in [1.807, 2.05) is 28.0 Å². The Bertz CT molecular complexity index is 698. The van der Waals surface area contributed by atoms with Crippen LogP contribution in [-0.4, -0.2) is 98.4 Å². The molecule has 0 atom stereocenters. The van der Waals surface area contributed by atoms with E-state index in [9.17, 15) is 9.59 Å². The number of benzene rings is 1. The minimum absolute atomic E-state index is 0. The lowest BCUT2D eigenvalue weighted by Gasteiger charge is -2.37. The summed E-state index contributed by atoms with van der Waals surface area (Å²) in [4.78, 5) is 36.5. The topological polar surface area (TPSA) is 71.5 Å². The largest absolute Gasteiger partial charge is 0.368 e. The molecule has 2 amide bonds. The molecule has 0 saturated carbocycles. The third-order valence-electron chi connectivity index (χ3n) is 5.39. The Labute approximate surface area is 189 Å². The maximum Gasteiger partial charge on any atom is 0.242 e. The predicted molar refractivity (Wildman–Crippen MR) is 126 cm³/mol. The van der Waals surface area contributed by atoms with Crippen molar-refractivity contribution in [3.05, 3.63) is 30.3 Å². The van der Waals surface area contributed by atoms with Gasteiger partial charge in [-0.15, -0.1) is 24.0 Å². The SMILES string of the molecule is CN=C(NCC(=O)N1CCN(c2ccccc2)CC1)N1CCN(C(C)=O)CC1.I. The minimum atomic E-state index is 0. The molecule has 2 heterocycles. The van der Waals surface area contributed by atoms with Crippen molar-refractivity contribution in [2.45, 2.75) is 6.92 Å². The first-order valence-corrected chi connectivity index (χ1v) is 9.87. The van der Waals surface area contributed by atoms with Crippen LogP contribution in [0.3, 0.4) is 0 Å². The zero-order valence-corrected chi connectivity index (χ0v) is 19.5. The van der Waals surface area contributed by atoms with Crippen molar-refractivity contribution >= 4 is 47.4 Å². The molecular weight excluding hydrogens is 483 g/mol. The number of para-hydroxylation sites is 1. The molecule has 3 rings (SSSR count). The lowest BCUT2D eigenvalue weighted by atomic mass is 10.2. The number of carbonyl (C=O) groups excluding carboxylic acids is 2. The summed E-state index contributed by atoms with van der Waals surface area (Å²) in [5, 5.41) is 3.19. The summed E-state index contributed by atoms with van der Waals surface area (Å²) < 4.78 is 0. The monoisotopic (exact) mass is 514 g/mol. The summed E-state index contributed by atoms with van der Waals surface area (Å²) in [7, 11) is 1.72. The first-order chi connectivity index (χ1) is 13.6. The van der Waals surface area contributed by atoms with Crippen LogP contribution in [0.4, 0.5) is 5.69 Å². The third-order valence-corrected chi connectivity index (χ3v) is 5.39. The van der Waals surface area contributed by atoms with E-state index in [4.69, 9.17) is 0 Å². The number of anilines is 1. The van der Waals surface area contributed by atoms with Gasteiger partial charge in [0.15, 0.2) is 5.96 Å². The van der Waals surface area contributed by atoms with Gasteiger partial charge in [-0.2, -0.15) is 0 Å². The first kappa shape index (κ1) is 23.2. The maximum absolute atomic E-state index is 12.6. The van der Waals surface area contributed by atoms with E-state index in [1.54, 1.807) is 14.0 Å². The third kappa shape index (κ3) is 6.22. The molecule has 0 radical (unpaired) electrons. The molecule has 2 fully saturated rings. The zero-order valence-electron chi connectivity index (χ0n) is 17.2. The van der Waals surface area contributed by atoms with Gasteiger partial charge in [-0.05, 0) is 12.1 Å². The van der Waals surface area contributed by atoms with Gasteiger partial charge in [0.1, 0.15) is 0 Å². The molecule has 2 aliphatic heterocycles. The summed E-state index contributed by atoms with van der Waals surface area (Å²) in [6.07, 6.45) is 0. The van der Waals surface area contributed by atoms with Crippen molar-refractivity contribution in [3.63, 3.8) is 0 Å². The Hall–Kier alpha value is -2.04. The van der Waals surface area contributed by atoms with Crippen LogP contribution in [0.15, 0.2) is 35.3 Å². The fourth-order valence-corrected chi connectivity index (χ4v) is 3.68. The fourth-order valence-electron chi connectivity index (χ4n) is 3.68. The summed E-state index contributed by atoms with van der Waals surface area (Å²) >= 11 is 0. The van der Waals surface area contributed by atoms with Gasteiger partial charge < -0.3 is 24.9 Å². The fraction of sp³-hybridized carbons (Fsp3) is 0.550. The quantitative estimate of drug-likeness (QED) is 0.366. The zero-order chi connectivity index (χ0) is 19.9. The van der Waals surface area contributed by atoms with Gasteiger partial charge in [-0.1, -0.05) is 18.2 Å². The van der Waals surface area contributed by atoms with Crippen molar-refractivity contribution in [1.29, 1.82) is 0 Å². The van der Waals surface area contributed by atoms with Gasteiger partial charge in [-0.3, -0.25) is 14.6 Å². The van der Waals surface area contributed by atoms with Crippen LogP contribution in [-0.2, 0) is 9.59 Å². The number of guanidine groups is 1. The van der Waals surface area contributed by atoms with E-state index in [0.29, 0.717) is 13.1 Å². The van der Waals surface area contributed by atoms with Crippen molar-refractivity contribution in [1.82, 2.24) is 20.0 Å². The summed E-state index contributed by atoms with van der Waals surface area (Å²) in [6, 6.07) is 10.3. The van der Waals surface area contributed by atoms with E-state index < -0.39 is 0 Å². The lowest BCUT2D eigenvalue weighted by molar-refractivity contribution is -0.130. The van der Waals surface area contributed by atoms with Crippen molar-refractivity contribution < 1.29 is 9.59 Å². The number of halogens is 1. The van der Waals surface area contributed by atoms with Crippen LogP contribution in [0.2, 0.25) is 0 Å². The van der Waals surface area contributed by atoms with Gasteiger partial charge in [0.2, 0.25) is 11.8 Å². The number of aliphatic imine (C=N–C) groups is 1. The van der Waals surface area contributed by atoms with E-state index in [1.165, 1.54) is 5.69 Å². The number of piperazine rings is 2. The van der Waals surface area contributed by atoms with Gasteiger partial charge in [0, 0.05) is 72.0 Å². The Morgan fingerprint density at radius 1 is 0.897 bits per heavy atom. The molecule has 1 aromatic rings. The second kappa shape index (κ2) is 11.2. The standard InChI is InChI=1S/C20H30N6O2.HI/c1-17(27)23-8-14-26(15-9-23)20(21-2)22-16-19(28)25-12-10-24(11-13-25)18-6-4-3-5-7-18;/h3-7H,8-16H2,1-2H3,(H,21,22);1H. The summed E-state index contributed by atoms with van der Waals surface area (Å²) in [6.45, 7) is 7.80. The van der Waals surface area contributed by atoms with Crippen LogP contribution in [0.5, 0.6) is 0 Å². The molecule has 0 bridgehead atoms. The molecule has 2 saturated heterocycles. The Morgan fingerprint density at radius 3 is 2.00 bits per heavy atom. The van der Waals surface area contributed by atoms with Crippen molar-refractivity contribution in [3.8, 4) is 0 Å². The average molecular weight is 514 g/mol. The Balaban J connectivity index is 0.00000300. The molecule has 0 spiro atoms. The molecule has 160 valence electrons. The number of amides is 2. The van der Waals surface area contributed by atoms with E-state index >= 15 is 0 Å². The molecular formula is C20H31IN6O2. The average Bonchev–Trinajstić information content (AvgIpc) is 2.75. The van der Waals surface area contributed by atoms with Crippen LogP contribution in [0.1, 0.15) is 6.92 Å². The number of hydrogen-bond donors (Lipinski definition) is 1. The molecule has 8 nitrogen and oxygen atoms in total. The first-order valence-electron chi connectivity index (χ1n) is 9.87. The van der Waals surface area contributed by atoms with Crippen molar-refractivity contribution in [2.75, 3.05) is 70.9 Å².